The lowest BCUT2D eigenvalue weighted by Gasteiger charge is -2.07. The molecule has 2 aromatic carbocycles. The van der Waals surface area contributed by atoms with Gasteiger partial charge in [-0.1, -0.05) is 42.5 Å². The van der Waals surface area contributed by atoms with Crippen LogP contribution in [0.25, 0.3) is 22.0 Å². The van der Waals surface area contributed by atoms with Gasteiger partial charge in [0.25, 0.3) is 0 Å². The second-order valence-corrected chi connectivity index (χ2v) is 3.98. The number of hydrogen-bond acceptors (Lipinski definition) is 3. The molecule has 1 aromatic heterocycles. The first-order valence-corrected chi connectivity index (χ1v) is 5.65. The van der Waals surface area contributed by atoms with Gasteiger partial charge < -0.3 is 0 Å². The zero-order valence-electron chi connectivity index (χ0n) is 9.58. The fourth-order valence-corrected chi connectivity index (χ4v) is 2.07. The van der Waals surface area contributed by atoms with E-state index in [4.69, 9.17) is 0 Å². The van der Waals surface area contributed by atoms with Crippen molar-refractivity contribution in [3.63, 3.8) is 0 Å². The largest absolute Gasteiger partial charge is 0.298 e. The van der Waals surface area contributed by atoms with Gasteiger partial charge in [0.1, 0.15) is 0 Å². The Morgan fingerprint density at radius 1 is 0.889 bits per heavy atom. The minimum Gasteiger partial charge on any atom is -0.298 e. The molecule has 3 rings (SSSR count). The number of fused-ring (bicyclic) bond motifs is 1. The Labute approximate surface area is 104 Å². The summed E-state index contributed by atoms with van der Waals surface area (Å²) in [6.45, 7) is 0. The van der Waals surface area contributed by atoms with E-state index in [1.165, 1.54) is 0 Å². The minimum absolute atomic E-state index is 0.663. The van der Waals surface area contributed by atoms with E-state index in [-0.39, 0.29) is 0 Å². The SMILES string of the molecule is O=Cc1ccccc1-c1cnnc2ccccc12. The molecule has 86 valence electrons. The highest BCUT2D eigenvalue weighted by molar-refractivity contribution is 5.98. The highest BCUT2D eigenvalue weighted by Gasteiger charge is 2.08. The zero-order chi connectivity index (χ0) is 12.4. The lowest BCUT2D eigenvalue weighted by molar-refractivity contribution is 0.112. The van der Waals surface area contributed by atoms with Gasteiger partial charge in [-0.05, 0) is 11.6 Å². The molecule has 3 nitrogen and oxygen atoms in total. The Balaban J connectivity index is 2.35. The summed E-state index contributed by atoms with van der Waals surface area (Å²) in [6, 6.07) is 15.3. The third kappa shape index (κ3) is 1.66. The van der Waals surface area contributed by atoms with E-state index in [1.807, 2.05) is 42.5 Å². The van der Waals surface area contributed by atoms with Crippen LogP contribution in [-0.2, 0) is 0 Å². The predicted octanol–water partition coefficient (Wildman–Crippen LogP) is 3.11. The Kier molecular flexibility index (Phi) is 2.57. The molecule has 0 bridgehead atoms. The van der Waals surface area contributed by atoms with Crippen molar-refractivity contribution >= 4 is 17.2 Å². The van der Waals surface area contributed by atoms with E-state index in [0.29, 0.717) is 5.56 Å². The van der Waals surface area contributed by atoms with E-state index < -0.39 is 0 Å². The molecule has 0 amide bonds. The molecule has 3 heteroatoms. The highest BCUT2D eigenvalue weighted by atomic mass is 16.1. The Morgan fingerprint density at radius 2 is 1.67 bits per heavy atom. The Bertz CT molecular complexity index is 717. The number of aromatic nitrogens is 2. The lowest BCUT2D eigenvalue weighted by Crippen LogP contribution is -1.91. The summed E-state index contributed by atoms with van der Waals surface area (Å²) in [5, 5.41) is 9.08. The first kappa shape index (κ1) is 10.6. The van der Waals surface area contributed by atoms with Crippen molar-refractivity contribution in [2.75, 3.05) is 0 Å². The van der Waals surface area contributed by atoms with Crippen LogP contribution in [0.15, 0.2) is 54.7 Å². The number of carbonyl (C=O) groups excluding carboxylic acids is 1. The number of aldehydes is 1. The average molecular weight is 234 g/mol. The molecule has 0 fully saturated rings. The standard InChI is InChI=1S/C15H10N2O/c18-10-11-5-1-2-6-12(11)14-9-16-17-15-8-4-3-7-13(14)15/h1-10H. The second kappa shape index (κ2) is 4.37. The summed E-state index contributed by atoms with van der Waals surface area (Å²) in [5.74, 6) is 0. The van der Waals surface area contributed by atoms with Crippen molar-refractivity contribution in [1.29, 1.82) is 0 Å². The quantitative estimate of drug-likeness (QED) is 0.640. The molecule has 3 aromatic rings. The molecule has 0 aliphatic heterocycles. The molecule has 0 unspecified atom stereocenters. The van der Waals surface area contributed by atoms with Crippen LogP contribution in [0.2, 0.25) is 0 Å². The van der Waals surface area contributed by atoms with Gasteiger partial charge >= 0.3 is 0 Å². The maximum atomic E-state index is 11.1. The van der Waals surface area contributed by atoms with Gasteiger partial charge in [-0.25, -0.2) is 0 Å². The summed E-state index contributed by atoms with van der Waals surface area (Å²) in [4.78, 5) is 11.1. The van der Waals surface area contributed by atoms with Crippen LogP contribution in [0.4, 0.5) is 0 Å². The number of carbonyl (C=O) groups is 1. The van der Waals surface area contributed by atoms with Crippen molar-refractivity contribution in [2.45, 2.75) is 0 Å². The van der Waals surface area contributed by atoms with Crippen LogP contribution in [0, 0.1) is 0 Å². The first-order chi connectivity index (χ1) is 8.90. The van der Waals surface area contributed by atoms with Crippen LogP contribution >= 0.6 is 0 Å². The third-order valence-electron chi connectivity index (χ3n) is 2.92. The topological polar surface area (TPSA) is 42.9 Å². The van der Waals surface area contributed by atoms with Crippen molar-refractivity contribution in [1.82, 2.24) is 10.2 Å². The van der Waals surface area contributed by atoms with Crippen LogP contribution in [0.1, 0.15) is 10.4 Å². The molecule has 1 heterocycles. The molecule has 0 radical (unpaired) electrons. The maximum absolute atomic E-state index is 11.1. The Hall–Kier alpha value is -2.55. The van der Waals surface area contributed by atoms with Crippen LogP contribution in [-0.4, -0.2) is 16.5 Å². The number of nitrogens with zero attached hydrogens (tertiary/aromatic N) is 2. The normalized spacial score (nSPS) is 10.4. The summed E-state index contributed by atoms with van der Waals surface area (Å²) >= 11 is 0. The second-order valence-electron chi connectivity index (χ2n) is 3.98. The molecule has 0 saturated carbocycles. The van der Waals surface area contributed by atoms with Gasteiger partial charge in [0, 0.05) is 16.5 Å². The van der Waals surface area contributed by atoms with Crippen LogP contribution < -0.4 is 0 Å². The van der Waals surface area contributed by atoms with E-state index in [1.54, 1.807) is 12.3 Å². The molecular formula is C15H10N2O. The van der Waals surface area contributed by atoms with E-state index >= 15 is 0 Å². The predicted molar refractivity (Wildman–Crippen MR) is 70.4 cm³/mol. The van der Waals surface area contributed by atoms with Gasteiger partial charge in [-0.2, -0.15) is 10.2 Å². The average Bonchev–Trinajstić information content (AvgIpc) is 2.46. The van der Waals surface area contributed by atoms with Crippen molar-refractivity contribution in [3.8, 4) is 11.1 Å². The van der Waals surface area contributed by atoms with Gasteiger partial charge in [0.2, 0.25) is 0 Å². The molecular weight excluding hydrogens is 224 g/mol. The summed E-state index contributed by atoms with van der Waals surface area (Å²) in [6.07, 6.45) is 2.56. The molecule has 0 spiro atoms. The van der Waals surface area contributed by atoms with Crippen molar-refractivity contribution in [2.24, 2.45) is 0 Å². The van der Waals surface area contributed by atoms with Crippen molar-refractivity contribution in [3.05, 3.63) is 60.3 Å². The molecule has 0 N–H and O–H groups in total. The fourth-order valence-electron chi connectivity index (χ4n) is 2.07. The van der Waals surface area contributed by atoms with Crippen molar-refractivity contribution < 1.29 is 4.79 Å². The monoisotopic (exact) mass is 234 g/mol. The van der Waals surface area contributed by atoms with E-state index in [0.717, 1.165) is 28.3 Å². The van der Waals surface area contributed by atoms with Gasteiger partial charge in [-0.15, -0.1) is 0 Å². The van der Waals surface area contributed by atoms with Crippen LogP contribution in [0.5, 0.6) is 0 Å². The zero-order valence-corrected chi connectivity index (χ0v) is 9.58. The molecule has 0 atom stereocenters. The molecule has 0 aliphatic rings. The summed E-state index contributed by atoms with van der Waals surface area (Å²) in [5.41, 5.74) is 3.31. The minimum atomic E-state index is 0.663. The maximum Gasteiger partial charge on any atom is 0.150 e. The summed E-state index contributed by atoms with van der Waals surface area (Å²) in [7, 11) is 0. The number of hydrogen-bond donors (Lipinski definition) is 0. The fraction of sp³-hybridized carbons (Fsp3) is 0. The lowest BCUT2D eigenvalue weighted by atomic mass is 9.98. The Morgan fingerprint density at radius 3 is 2.56 bits per heavy atom. The molecule has 0 saturated heterocycles. The van der Waals surface area contributed by atoms with Gasteiger partial charge in [0.15, 0.2) is 6.29 Å². The third-order valence-corrected chi connectivity index (χ3v) is 2.92. The summed E-state index contributed by atoms with van der Waals surface area (Å²) < 4.78 is 0. The van der Waals surface area contributed by atoms with Crippen LogP contribution in [0.3, 0.4) is 0 Å². The highest BCUT2D eigenvalue weighted by Crippen LogP contribution is 2.28. The van der Waals surface area contributed by atoms with Gasteiger partial charge in [-0.3, -0.25) is 4.79 Å². The van der Waals surface area contributed by atoms with Gasteiger partial charge in [0.05, 0.1) is 11.7 Å². The first-order valence-electron chi connectivity index (χ1n) is 5.65. The smallest absolute Gasteiger partial charge is 0.150 e. The number of benzene rings is 2. The molecule has 18 heavy (non-hydrogen) atoms. The number of rotatable bonds is 2. The molecule has 0 aliphatic carbocycles. The van der Waals surface area contributed by atoms with E-state index in [2.05, 4.69) is 10.2 Å². The van der Waals surface area contributed by atoms with E-state index in [9.17, 15) is 4.79 Å².